The highest BCUT2D eigenvalue weighted by atomic mass is 19.4. The van der Waals surface area contributed by atoms with Crippen LogP contribution in [0.2, 0.25) is 0 Å². The number of ether oxygens (including phenoxy) is 1. The summed E-state index contributed by atoms with van der Waals surface area (Å²) in [5.41, 5.74) is 2.38. The Hall–Kier alpha value is -4.05. The average molecular weight is 581 g/mol. The number of urea groups is 1. The van der Waals surface area contributed by atoms with Crippen LogP contribution in [0, 0.1) is 5.92 Å². The fourth-order valence-electron chi connectivity index (χ4n) is 5.54. The molecule has 5 rings (SSSR count). The van der Waals surface area contributed by atoms with Crippen molar-refractivity contribution in [2.24, 2.45) is 5.92 Å². The van der Waals surface area contributed by atoms with E-state index in [0.717, 1.165) is 63.0 Å². The molecule has 3 N–H and O–H groups in total. The van der Waals surface area contributed by atoms with Crippen LogP contribution in [0.3, 0.4) is 0 Å². The molecule has 2 aliphatic heterocycles. The third-order valence-electron chi connectivity index (χ3n) is 7.81. The normalized spacial score (nSPS) is 17.6. The van der Waals surface area contributed by atoms with Gasteiger partial charge in [0.1, 0.15) is 0 Å². The Kier molecular flexibility index (Phi) is 9.31. The molecule has 0 aliphatic carbocycles. The molecule has 0 radical (unpaired) electrons. The first-order valence-corrected chi connectivity index (χ1v) is 14.3. The van der Waals surface area contributed by atoms with Gasteiger partial charge in [0, 0.05) is 43.3 Å². The van der Waals surface area contributed by atoms with Crippen molar-refractivity contribution in [1.29, 1.82) is 0 Å². The molecule has 2 heterocycles. The van der Waals surface area contributed by atoms with Crippen LogP contribution < -0.4 is 20.9 Å². The fourth-order valence-corrected chi connectivity index (χ4v) is 5.54. The van der Waals surface area contributed by atoms with Crippen molar-refractivity contribution >= 4 is 29.0 Å². The summed E-state index contributed by atoms with van der Waals surface area (Å²) in [6.45, 7) is 2.72. The van der Waals surface area contributed by atoms with Crippen LogP contribution in [0.1, 0.15) is 47.2 Å². The van der Waals surface area contributed by atoms with Gasteiger partial charge in [0.15, 0.2) is 0 Å². The molecule has 0 spiro atoms. The molecule has 222 valence electrons. The first kappa shape index (κ1) is 29.4. The Labute approximate surface area is 243 Å². The van der Waals surface area contributed by atoms with Gasteiger partial charge in [-0.15, -0.1) is 0 Å². The number of nitrogens with one attached hydrogen (secondary N) is 3. The van der Waals surface area contributed by atoms with Crippen molar-refractivity contribution in [3.8, 4) is 0 Å². The van der Waals surface area contributed by atoms with Crippen LogP contribution in [0.25, 0.3) is 0 Å². The summed E-state index contributed by atoms with van der Waals surface area (Å²) in [6.07, 6.45) is 0.427. The van der Waals surface area contributed by atoms with Crippen molar-refractivity contribution in [3.05, 3.63) is 89.5 Å². The Morgan fingerprint density at radius 3 is 2.24 bits per heavy atom. The summed E-state index contributed by atoms with van der Waals surface area (Å²) >= 11 is 0. The first-order valence-electron chi connectivity index (χ1n) is 14.3. The van der Waals surface area contributed by atoms with E-state index in [-0.39, 0.29) is 17.7 Å². The van der Waals surface area contributed by atoms with Crippen LogP contribution in [-0.4, -0.2) is 44.3 Å². The van der Waals surface area contributed by atoms with Gasteiger partial charge in [-0.2, -0.15) is 13.2 Å². The molecule has 2 fully saturated rings. The third kappa shape index (κ3) is 7.82. The van der Waals surface area contributed by atoms with Crippen LogP contribution >= 0.6 is 0 Å². The molecule has 42 heavy (non-hydrogen) atoms. The van der Waals surface area contributed by atoms with Gasteiger partial charge in [-0.05, 0) is 86.1 Å². The predicted octanol–water partition coefficient (Wildman–Crippen LogP) is 6.72. The van der Waals surface area contributed by atoms with Crippen LogP contribution in [-0.2, 0) is 17.3 Å². The zero-order valence-corrected chi connectivity index (χ0v) is 23.3. The van der Waals surface area contributed by atoms with Gasteiger partial charge >= 0.3 is 12.2 Å². The average Bonchev–Trinajstić information content (AvgIpc) is 3.51. The number of amides is 3. The van der Waals surface area contributed by atoms with Gasteiger partial charge in [0.05, 0.1) is 17.2 Å². The van der Waals surface area contributed by atoms with Gasteiger partial charge in [0.2, 0.25) is 0 Å². The molecular formula is C32H35F3N4O3. The SMILES string of the molecule is O=C(Nc1ccc(C(F)(F)F)cc1)Nc1ccc(N2CCC(Cc3ccccc3)CC2)c(C(=O)NC[C@H]2CCCO2)c1. The lowest BCUT2D eigenvalue weighted by molar-refractivity contribution is -0.137. The number of hydrogen-bond donors (Lipinski definition) is 3. The summed E-state index contributed by atoms with van der Waals surface area (Å²) in [5, 5.41) is 8.22. The van der Waals surface area contributed by atoms with E-state index in [4.69, 9.17) is 4.74 Å². The van der Waals surface area contributed by atoms with E-state index in [0.29, 0.717) is 30.3 Å². The van der Waals surface area contributed by atoms with Crippen molar-refractivity contribution < 1.29 is 27.5 Å². The van der Waals surface area contributed by atoms with Crippen molar-refractivity contribution in [3.63, 3.8) is 0 Å². The van der Waals surface area contributed by atoms with Crippen molar-refractivity contribution in [2.75, 3.05) is 41.8 Å². The lowest BCUT2D eigenvalue weighted by Gasteiger charge is -2.35. The largest absolute Gasteiger partial charge is 0.416 e. The molecule has 7 nitrogen and oxygen atoms in total. The molecule has 0 aromatic heterocycles. The number of rotatable bonds is 8. The number of carbonyl (C=O) groups is 2. The second-order valence-corrected chi connectivity index (χ2v) is 10.9. The predicted molar refractivity (Wildman–Crippen MR) is 157 cm³/mol. The molecule has 0 unspecified atom stereocenters. The van der Waals surface area contributed by atoms with E-state index >= 15 is 0 Å². The number of hydrogen-bond acceptors (Lipinski definition) is 4. The number of halogens is 3. The maximum atomic E-state index is 13.4. The smallest absolute Gasteiger partial charge is 0.376 e. The number of nitrogens with zero attached hydrogens (tertiary/aromatic N) is 1. The second-order valence-electron chi connectivity index (χ2n) is 10.9. The minimum absolute atomic E-state index is 0.0121. The number of carbonyl (C=O) groups excluding carboxylic acids is 2. The van der Waals surface area contributed by atoms with Crippen molar-refractivity contribution in [1.82, 2.24) is 5.32 Å². The highest BCUT2D eigenvalue weighted by Crippen LogP contribution is 2.31. The Morgan fingerprint density at radius 1 is 0.881 bits per heavy atom. The summed E-state index contributed by atoms with van der Waals surface area (Å²) in [6, 6.07) is 19.2. The molecule has 0 bridgehead atoms. The van der Waals surface area contributed by atoms with Crippen LogP contribution in [0.4, 0.5) is 35.0 Å². The highest BCUT2D eigenvalue weighted by molar-refractivity contribution is 6.04. The molecule has 3 amide bonds. The maximum Gasteiger partial charge on any atom is 0.416 e. The first-order chi connectivity index (χ1) is 20.2. The Bertz CT molecular complexity index is 1350. The highest BCUT2D eigenvalue weighted by Gasteiger charge is 2.30. The minimum Gasteiger partial charge on any atom is -0.376 e. The number of benzene rings is 3. The molecule has 1 atom stereocenters. The van der Waals surface area contributed by atoms with Gasteiger partial charge in [0.25, 0.3) is 5.91 Å². The van der Waals surface area contributed by atoms with E-state index < -0.39 is 17.8 Å². The van der Waals surface area contributed by atoms with Crippen LogP contribution in [0.15, 0.2) is 72.8 Å². The fraction of sp³-hybridized carbons (Fsp3) is 0.375. The quantitative estimate of drug-likeness (QED) is 0.276. The van der Waals surface area contributed by atoms with Crippen molar-refractivity contribution in [2.45, 2.75) is 44.4 Å². The topological polar surface area (TPSA) is 82.7 Å². The molecule has 2 saturated heterocycles. The summed E-state index contributed by atoms with van der Waals surface area (Å²) in [7, 11) is 0. The standard InChI is InChI=1S/C32H35F3N4O3/c33-32(34,35)24-8-10-25(11-9-24)37-31(41)38-26-12-13-29(28(20-26)30(40)36-21-27-7-4-18-42-27)39-16-14-23(15-17-39)19-22-5-2-1-3-6-22/h1-3,5-6,8-13,20,23,27H,4,7,14-19,21H2,(H,36,40)(H2,37,38,41)/t27-/m1/s1. The maximum absolute atomic E-state index is 13.4. The molecule has 3 aromatic rings. The molecule has 3 aromatic carbocycles. The molecular weight excluding hydrogens is 545 g/mol. The zero-order chi connectivity index (χ0) is 29.5. The minimum atomic E-state index is -4.46. The molecule has 10 heteroatoms. The van der Waals surface area contributed by atoms with Crippen LogP contribution in [0.5, 0.6) is 0 Å². The van der Waals surface area contributed by atoms with Gasteiger partial charge < -0.3 is 25.6 Å². The van der Waals surface area contributed by atoms with E-state index in [9.17, 15) is 22.8 Å². The second kappa shape index (κ2) is 13.3. The lowest BCUT2D eigenvalue weighted by atomic mass is 9.89. The van der Waals surface area contributed by atoms with Gasteiger partial charge in [-0.1, -0.05) is 30.3 Å². The van der Waals surface area contributed by atoms with E-state index in [1.54, 1.807) is 12.1 Å². The summed E-state index contributed by atoms with van der Waals surface area (Å²) < 4.78 is 44.2. The zero-order valence-electron chi connectivity index (χ0n) is 23.3. The number of alkyl halides is 3. The van der Waals surface area contributed by atoms with E-state index in [1.807, 2.05) is 12.1 Å². The number of anilines is 3. The van der Waals surface area contributed by atoms with E-state index in [2.05, 4.69) is 45.1 Å². The van der Waals surface area contributed by atoms with Gasteiger partial charge in [-0.25, -0.2) is 4.79 Å². The Balaban J connectivity index is 1.26. The lowest BCUT2D eigenvalue weighted by Crippen LogP contribution is -2.37. The summed E-state index contributed by atoms with van der Waals surface area (Å²) in [5.74, 6) is 0.314. The Morgan fingerprint density at radius 2 is 1.57 bits per heavy atom. The van der Waals surface area contributed by atoms with Gasteiger partial charge in [-0.3, -0.25) is 4.79 Å². The molecule has 2 aliphatic rings. The monoisotopic (exact) mass is 580 g/mol. The van der Waals surface area contributed by atoms with E-state index in [1.165, 1.54) is 17.7 Å². The molecule has 0 saturated carbocycles. The summed E-state index contributed by atoms with van der Waals surface area (Å²) in [4.78, 5) is 28.3. The third-order valence-corrected chi connectivity index (χ3v) is 7.81. The number of piperidine rings is 1.